The molecule has 1 N–H and O–H groups in total. The van der Waals surface area contributed by atoms with Crippen LogP contribution in [0.1, 0.15) is 29.2 Å². The zero-order valence-electron chi connectivity index (χ0n) is 12.6. The van der Waals surface area contributed by atoms with Crippen molar-refractivity contribution in [1.29, 1.82) is 0 Å². The third kappa shape index (κ3) is 4.39. The molecule has 0 saturated carbocycles. The van der Waals surface area contributed by atoms with Crippen LogP contribution in [-0.2, 0) is 13.2 Å². The van der Waals surface area contributed by atoms with Gasteiger partial charge in [-0.2, -0.15) is 0 Å². The lowest BCUT2D eigenvalue weighted by atomic mass is 10.1. The SMILES string of the molecule is CCNCc1cccc(OCc2cc(C)cc(C)c2)c1. The van der Waals surface area contributed by atoms with Crippen LogP contribution in [0.4, 0.5) is 0 Å². The summed E-state index contributed by atoms with van der Waals surface area (Å²) >= 11 is 0. The molecule has 0 bridgehead atoms. The van der Waals surface area contributed by atoms with Crippen LogP contribution < -0.4 is 10.1 Å². The van der Waals surface area contributed by atoms with Crippen molar-refractivity contribution in [3.05, 3.63) is 64.7 Å². The summed E-state index contributed by atoms with van der Waals surface area (Å²) in [4.78, 5) is 0. The minimum absolute atomic E-state index is 0.618. The molecule has 0 radical (unpaired) electrons. The van der Waals surface area contributed by atoms with Crippen LogP contribution >= 0.6 is 0 Å². The fraction of sp³-hybridized carbons (Fsp3) is 0.333. The molecule has 0 aliphatic carbocycles. The second kappa shape index (κ2) is 7.11. The molecule has 0 unspecified atom stereocenters. The van der Waals surface area contributed by atoms with Crippen molar-refractivity contribution >= 4 is 0 Å². The van der Waals surface area contributed by atoms with Gasteiger partial charge in [-0.3, -0.25) is 0 Å². The van der Waals surface area contributed by atoms with E-state index >= 15 is 0 Å². The zero-order chi connectivity index (χ0) is 14.4. The summed E-state index contributed by atoms with van der Waals surface area (Å²) < 4.78 is 5.89. The first-order chi connectivity index (χ1) is 9.67. The first-order valence-electron chi connectivity index (χ1n) is 7.17. The summed E-state index contributed by atoms with van der Waals surface area (Å²) in [5, 5.41) is 3.32. The van der Waals surface area contributed by atoms with Gasteiger partial charge in [-0.25, -0.2) is 0 Å². The van der Waals surface area contributed by atoms with E-state index in [1.807, 2.05) is 12.1 Å². The molecule has 0 aliphatic rings. The van der Waals surface area contributed by atoms with Crippen molar-refractivity contribution in [2.24, 2.45) is 0 Å². The van der Waals surface area contributed by atoms with Gasteiger partial charge in [0.15, 0.2) is 0 Å². The Morgan fingerprint density at radius 1 is 0.950 bits per heavy atom. The van der Waals surface area contributed by atoms with Gasteiger partial charge < -0.3 is 10.1 Å². The Morgan fingerprint density at radius 2 is 1.70 bits per heavy atom. The zero-order valence-corrected chi connectivity index (χ0v) is 12.6. The fourth-order valence-corrected chi connectivity index (χ4v) is 2.33. The largest absolute Gasteiger partial charge is 0.489 e. The highest BCUT2D eigenvalue weighted by molar-refractivity contribution is 5.31. The molecule has 0 amide bonds. The van der Waals surface area contributed by atoms with E-state index < -0.39 is 0 Å². The van der Waals surface area contributed by atoms with Gasteiger partial charge in [0.1, 0.15) is 12.4 Å². The van der Waals surface area contributed by atoms with E-state index in [9.17, 15) is 0 Å². The lowest BCUT2D eigenvalue weighted by Crippen LogP contribution is -2.11. The Bertz CT molecular complexity index is 543. The van der Waals surface area contributed by atoms with Gasteiger partial charge in [-0.05, 0) is 43.7 Å². The Morgan fingerprint density at radius 3 is 2.40 bits per heavy atom. The summed E-state index contributed by atoms with van der Waals surface area (Å²) in [5.41, 5.74) is 5.04. The van der Waals surface area contributed by atoms with E-state index in [1.165, 1.54) is 22.3 Å². The molecule has 0 heterocycles. The highest BCUT2D eigenvalue weighted by Gasteiger charge is 2.00. The van der Waals surface area contributed by atoms with E-state index in [0.29, 0.717) is 6.61 Å². The number of hydrogen-bond donors (Lipinski definition) is 1. The predicted molar refractivity (Wildman–Crippen MR) is 84.1 cm³/mol. The quantitative estimate of drug-likeness (QED) is 0.856. The molecular formula is C18H23NO. The van der Waals surface area contributed by atoms with Crippen LogP contribution in [0.5, 0.6) is 5.75 Å². The van der Waals surface area contributed by atoms with Crippen LogP contribution in [0.25, 0.3) is 0 Å². The highest BCUT2D eigenvalue weighted by atomic mass is 16.5. The molecule has 20 heavy (non-hydrogen) atoms. The van der Waals surface area contributed by atoms with E-state index in [2.05, 4.69) is 56.4 Å². The second-order valence-electron chi connectivity index (χ2n) is 5.21. The van der Waals surface area contributed by atoms with Gasteiger partial charge in [-0.1, -0.05) is 48.4 Å². The summed E-state index contributed by atoms with van der Waals surface area (Å²) in [5.74, 6) is 0.930. The van der Waals surface area contributed by atoms with Gasteiger partial charge in [0.05, 0.1) is 0 Å². The lowest BCUT2D eigenvalue weighted by molar-refractivity contribution is 0.305. The molecule has 2 nitrogen and oxygen atoms in total. The maximum Gasteiger partial charge on any atom is 0.120 e. The van der Waals surface area contributed by atoms with Crippen molar-refractivity contribution in [1.82, 2.24) is 5.32 Å². The van der Waals surface area contributed by atoms with E-state index in [-0.39, 0.29) is 0 Å². The van der Waals surface area contributed by atoms with Gasteiger partial charge in [0, 0.05) is 6.54 Å². The maximum atomic E-state index is 5.89. The number of hydrogen-bond acceptors (Lipinski definition) is 2. The molecular weight excluding hydrogens is 246 g/mol. The molecule has 0 fully saturated rings. The summed E-state index contributed by atoms with van der Waals surface area (Å²) in [6.45, 7) is 8.83. The minimum atomic E-state index is 0.618. The summed E-state index contributed by atoms with van der Waals surface area (Å²) in [6.07, 6.45) is 0. The molecule has 0 aliphatic heterocycles. The van der Waals surface area contributed by atoms with Gasteiger partial charge in [0.25, 0.3) is 0 Å². The number of ether oxygens (including phenoxy) is 1. The smallest absolute Gasteiger partial charge is 0.120 e. The Kier molecular flexibility index (Phi) is 5.19. The third-order valence-electron chi connectivity index (χ3n) is 3.16. The average molecular weight is 269 g/mol. The maximum absolute atomic E-state index is 5.89. The standard InChI is InChI=1S/C18H23NO/c1-4-19-12-16-6-5-7-18(11-16)20-13-17-9-14(2)8-15(3)10-17/h5-11,19H,4,12-13H2,1-3H3. The molecule has 2 rings (SSSR count). The molecule has 0 spiro atoms. The van der Waals surface area contributed by atoms with Crippen LogP contribution in [-0.4, -0.2) is 6.54 Å². The topological polar surface area (TPSA) is 21.3 Å². The molecule has 2 aromatic rings. The summed E-state index contributed by atoms with van der Waals surface area (Å²) in [7, 11) is 0. The van der Waals surface area contributed by atoms with Crippen LogP contribution in [0.2, 0.25) is 0 Å². The molecule has 2 aromatic carbocycles. The van der Waals surface area contributed by atoms with Crippen LogP contribution in [0.15, 0.2) is 42.5 Å². The first kappa shape index (κ1) is 14.6. The first-order valence-corrected chi connectivity index (χ1v) is 7.17. The second-order valence-corrected chi connectivity index (χ2v) is 5.21. The number of aryl methyl sites for hydroxylation is 2. The summed E-state index contributed by atoms with van der Waals surface area (Å²) in [6, 6.07) is 14.8. The molecule has 2 heteroatoms. The fourth-order valence-electron chi connectivity index (χ4n) is 2.33. The van der Waals surface area contributed by atoms with E-state index in [4.69, 9.17) is 4.74 Å². The van der Waals surface area contributed by atoms with Gasteiger partial charge >= 0.3 is 0 Å². The Labute approximate surface area is 121 Å². The molecule has 106 valence electrons. The molecule has 0 atom stereocenters. The highest BCUT2D eigenvalue weighted by Crippen LogP contribution is 2.16. The van der Waals surface area contributed by atoms with Gasteiger partial charge in [0.2, 0.25) is 0 Å². The Balaban J connectivity index is 1.99. The number of nitrogens with one attached hydrogen (secondary N) is 1. The average Bonchev–Trinajstić information content (AvgIpc) is 2.42. The normalized spacial score (nSPS) is 10.6. The van der Waals surface area contributed by atoms with E-state index in [1.54, 1.807) is 0 Å². The van der Waals surface area contributed by atoms with Crippen LogP contribution in [0, 0.1) is 13.8 Å². The van der Waals surface area contributed by atoms with Crippen molar-refractivity contribution < 1.29 is 4.74 Å². The number of benzene rings is 2. The number of rotatable bonds is 6. The van der Waals surface area contributed by atoms with Gasteiger partial charge in [-0.15, -0.1) is 0 Å². The van der Waals surface area contributed by atoms with Crippen molar-refractivity contribution in [2.45, 2.75) is 33.9 Å². The lowest BCUT2D eigenvalue weighted by Gasteiger charge is -2.10. The Hall–Kier alpha value is -1.80. The van der Waals surface area contributed by atoms with Crippen molar-refractivity contribution in [2.75, 3.05) is 6.54 Å². The predicted octanol–water partition coefficient (Wildman–Crippen LogP) is 3.99. The minimum Gasteiger partial charge on any atom is -0.489 e. The van der Waals surface area contributed by atoms with Crippen LogP contribution in [0.3, 0.4) is 0 Å². The van der Waals surface area contributed by atoms with Crippen molar-refractivity contribution in [3.8, 4) is 5.75 Å². The molecule has 0 saturated heterocycles. The molecule has 0 aromatic heterocycles. The monoisotopic (exact) mass is 269 g/mol. The third-order valence-corrected chi connectivity index (χ3v) is 3.16. The van der Waals surface area contributed by atoms with E-state index in [0.717, 1.165) is 18.8 Å². The van der Waals surface area contributed by atoms with Crippen molar-refractivity contribution in [3.63, 3.8) is 0 Å².